The van der Waals surface area contributed by atoms with Crippen LogP contribution in [0.25, 0.3) is 5.69 Å². The summed E-state index contributed by atoms with van der Waals surface area (Å²) in [7, 11) is 0. The van der Waals surface area contributed by atoms with E-state index in [1.807, 2.05) is 29.1 Å². The van der Waals surface area contributed by atoms with Crippen LogP contribution in [0.3, 0.4) is 0 Å². The van der Waals surface area contributed by atoms with E-state index < -0.39 is 0 Å². The molecule has 0 radical (unpaired) electrons. The molecule has 2 rings (SSSR count). The molecule has 0 bridgehead atoms. The number of benzene rings is 1. The second kappa shape index (κ2) is 5.44. The molecule has 1 aromatic heterocycles. The van der Waals surface area contributed by atoms with E-state index in [9.17, 15) is 0 Å². The quantitative estimate of drug-likeness (QED) is 0.731. The van der Waals surface area contributed by atoms with E-state index in [1.54, 1.807) is 6.20 Å². The maximum absolute atomic E-state index is 5.42. The number of nitrogens with zero attached hydrogens (tertiary/aromatic N) is 2. The van der Waals surface area contributed by atoms with Crippen molar-refractivity contribution >= 4 is 0 Å². The summed E-state index contributed by atoms with van der Waals surface area (Å²) in [6.07, 6.45) is 3.71. The standard InChI is InChI=1S/C12H16N4/c13-5-7-14-10-11-3-1-4-12(9-11)16-8-2-6-15-16/h1-4,6,8-9,14H,5,7,10,13H2. The van der Waals surface area contributed by atoms with Crippen molar-refractivity contribution in [3.63, 3.8) is 0 Å². The Bertz CT molecular complexity index is 422. The Morgan fingerprint density at radius 3 is 3.00 bits per heavy atom. The molecule has 0 saturated heterocycles. The summed E-state index contributed by atoms with van der Waals surface area (Å²) in [6, 6.07) is 10.2. The average Bonchev–Trinajstić information content (AvgIpc) is 2.83. The molecule has 0 atom stereocenters. The Balaban J connectivity index is 2.08. The lowest BCUT2D eigenvalue weighted by Crippen LogP contribution is -2.21. The molecule has 4 nitrogen and oxygen atoms in total. The third-order valence-corrected chi connectivity index (χ3v) is 2.33. The zero-order chi connectivity index (χ0) is 11.2. The van der Waals surface area contributed by atoms with Crippen molar-refractivity contribution < 1.29 is 0 Å². The van der Waals surface area contributed by atoms with Gasteiger partial charge in [0.1, 0.15) is 0 Å². The first kappa shape index (κ1) is 10.9. The largest absolute Gasteiger partial charge is 0.329 e. The average molecular weight is 216 g/mol. The van der Waals surface area contributed by atoms with Crippen molar-refractivity contribution in [2.24, 2.45) is 5.73 Å². The first-order valence-electron chi connectivity index (χ1n) is 5.40. The molecule has 4 heteroatoms. The molecule has 0 saturated carbocycles. The number of rotatable bonds is 5. The van der Waals surface area contributed by atoms with E-state index in [2.05, 4.69) is 22.5 Å². The van der Waals surface area contributed by atoms with E-state index in [0.717, 1.165) is 18.8 Å². The summed E-state index contributed by atoms with van der Waals surface area (Å²) in [4.78, 5) is 0. The predicted octanol–water partition coefficient (Wildman–Crippen LogP) is 0.921. The van der Waals surface area contributed by atoms with Crippen LogP contribution in [0.5, 0.6) is 0 Å². The molecule has 1 aromatic carbocycles. The Labute approximate surface area is 95.1 Å². The van der Waals surface area contributed by atoms with E-state index >= 15 is 0 Å². The number of hydrogen-bond acceptors (Lipinski definition) is 3. The van der Waals surface area contributed by atoms with Gasteiger partial charge >= 0.3 is 0 Å². The number of hydrogen-bond donors (Lipinski definition) is 2. The number of nitrogens with one attached hydrogen (secondary N) is 1. The Kier molecular flexibility index (Phi) is 3.69. The van der Waals surface area contributed by atoms with Crippen molar-refractivity contribution in [2.75, 3.05) is 13.1 Å². The van der Waals surface area contributed by atoms with E-state index in [4.69, 9.17) is 5.73 Å². The lowest BCUT2D eigenvalue weighted by atomic mass is 10.2. The summed E-state index contributed by atoms with van der Waals surface area (Å²) in [5.41, 5.74) is 7.74. The summed E-state index contributed by atoms with van der Waals surface area (Å²) in [6.45, 7) is 2.34. The van der Waals surface area contributed by atoms with Crippen LogP contribution in [0.15, 0.2) is 42.7 Å². The Morgan fingerprint density at radius 2 is 2.25 bits per heavy atom. The van der Waals surface area contributed by atoms with Crippen LogP contribution in [-0.4, -0.2) is 22.9 Å². The molecule has 0 aliphatic carbocycles. The maximum atomic E-state index is 5.42. The highest BCUT2D eigenvalue weighted by Gasteiger charge is 1.97. The van der Waals surface area contributed by atoms with Gasteiger partial charge in [-0.25, -0.2) is 4.68 Å². The number of nitrogens with two attached hydrogens (primary N) is 1. The minimum absolute atomic E-state index is 0.666. The highest BCUT2D eigenvalue weighted by Crippen LogP contribution is 2.09. The molecule has 1 heterocycles. The minimum atomic E-state index is 0.666. The topological polar surface area (TPSA) is 55.9 Å². The van der Waals surface area contributed by atoms with Gasteiger partial charge in [0.25, 0.3) is 0 Å². The fourth-order valence-electron chi connectivity index (χ4n) is 1.57. The van der Waals surface area contributed by atoms with E-state index in [0.29, 0.717) is 6.54 Å². The van der Waals surface area contributed by atoms with Gasteiger partial charge < -0.3 is 11.1 Å². The molecule has 0 fully saturated rings. The van der Waals surface area contributed by atoms with Gasteiger partial charge in [-0.1, -0.05) is 12.1 Å². The molecule has 3 N–H and O–H groups in total. The zero-order valence-electron chi connectivity index (χ0n) is 9.13. The third kappa shape index (κ3) is 2.68. The molecule has 2 aromatic rings. The van der Waals surface area contributed by atoms with Crippen molar-refractivity contribution in [2.45, 2.75) is 6.54 Å². The fraction of sp³-hybridized carbons (Fsp3) is 0.250. The van der Waals surface area contributed by atoms with Crippen molar-refractivity contribution in [3.05, 3.63) is 48.3 Å². The molecule has 0 spiro atoms. The normalized spacial score (nSPS) is 10.6. The molecule has 0 amide bonds. The van der Waals surface area contributed by atoms with Gasteiger partial charge in [-0.2, -0.15) is 5.10 Å². The zero-order valence-corrected chi connectivity index (χ0v) is 9.13. The number of aromatic nitrogens is 2. The van der Waals surface area contributed by atoms with Crippen LogP contribution < -0.4 is 11.1 Å². The Hall–Kier alpha value is -1.65. The van der Waals surface area contributed by atoms with Gasteiger partial charge in [-0.15, -0.1) is 0 Å². The van der Waals surface area contributed by atoms with Crippen molar-refractivity contribution in [3.8, 4) is 5.69 Å². The van der Waals surface area contributed by atoms with E-state index in [-0.39, 0.29) is 0 Å². The molecule has 0 aliphatic rings. The van der Waals surface area contributed by atoms with Gasteiger partial charge in [0.05, 0.1) is 5.69 Å². The van der Waals surface area contributed by atoms with Crippen LogP contribution in [0.1, 0.15) is 5.56 Å². The summed E-state index contributed by atoms with van der Waals surface area (Å²) >= 11 is 0. The highest BCUT2D eigenvalue weighted by molar-refractivity contribution is 5.34. The van der Waals surface area contributed by atoms with E-state index in [1.165, 1.54) is 5.56 Å². The summed E-state index contributed by atoms with van der Waals surface area (Å²) in [5, 5.41) is 7.47. The molecule has 16 heavy (non-hydrogen) atoms. The van der Waals surface area contributed by atoms with Crippen LogP contribution in [0.4, 0.5) is 0 Å². The lowest BCUT2D eigenvalue weighted by Gasteiger charge is -2.06. The fourth-order valence-corrected chi connectivity index (χ4v) is 1.57. The van der Waals surface area contributed by atoms with Crippen LogP contribution in [0.2, 0.25) is 0 Å². The highest BCUT2D eigenvalue weighted by atomic mass is 15.3. The third-order valence-electron chi connectivity index (χ3n) is 2.33. The van der Waals surface area contributed by atoms with Crippen LogP contribution >= 0.6 is 0 Å². The smallest absolute Gasteiger partial charge is 0.0648 e. The second-order valence-electron chi connectivity index (χ2n) is 3.59. The molecule has 84 valence electrons. The Morgan fingerprint density at radius 1 is 1.31 bits per heavy atom. The molecular formula is C12H16N4. The maximum Gasteiger partial charge on any atom is 0.0648 e. The lowest BCUT2D eigenvalue weighted by molar-refractivity contribution is 0.694. The van der Waals surface area contributed by atoms with Crippen LogP contribution in [0, 0.1) is 0 Å². The summed E-state index contributed by atoms with van der Waals surface area (Å²) in [5.74, 6) is 0. The molecular weight excluding hydrogens is 200 g/mol. The molecule has 0 aliphatic heterocycles. The van der Waals surface area contributed by atoms with Crippen molar-refractivity contribution in [1.29, 1.82) is 0 Å². The van der Waals surface area contributed by atoms with Gasteiger partial charge in [0.2, 0.25) is 0 Å². The first-order chi connectivity index (χ1) is 7.90. The van der Waals surface area contributed by atoms with Gasteiger partial charge in [-0.05, 0) is 23.8 Å². The monoisotopic (exact) mass is 216 g/mol. The van der Waals surface area contributed by atoms with Gasteiger partial charge in [0, 0.05) is 32.0 Å². The van der Waals surface area contributed by atoms with Gasteiger partial charge in [-0.3, -0.25) is 0 Å². The second-order valence-corrected chi connectivity index (χ2v) is 3.59. The summed E-state index contributed by atoms with van der Waals surface area (Å²) < 4.78 is 1.85. The van der Waals surface area contributed by atoms with Crippen molar-refractivity contribution in [1.82, 2.24) is 15.1 Å². The van der Waals surface area contributed by atoms with Gasteiger partial charge in [0.15, 0.2) is 0 Å². The first-order valence-corrected chi connectivity index (χ1v) is 5.40. The molecule has 0 unspecified atom stereocenters. The minimum Gasteiger partial charge on any atom is -0.329 e. The van der Waals surface area contributed by atoms with Crippen LogP contribution in [-0.2, 0) is 6.54 Å². The SMILES string of the molecule is NCCNCc1cccc(-n2cccn2)c1. The predicted molar refractivity (Wildman–Crippen MR) is 64.3 cm³/mol.